The number of fused-ring (bicyclic) bond motifs is 1. The van der Waals surface area contributed by atoms with Crippen LogP contribution in [0.3, 0.4) is 0 Å². The third kappa shape index (κ3) is 3.23. The molecule has 0 bridgehead atoms. The number of halogens is 1. The van der Waals surface area contributed by atoms with Gasteiger partial charge in [-0.2, -0.15) is 0 Å². The van der Waals surface area contributed by atoms with Crippen molar-refractivity contribution in [2.75, 3.05) is 6.54 Å². The fourth-order valence-electron chi connectivity index (χ4n) is 2.97. The number of nitrogens with zero attached hydrogens (tertiary/aromatic N) is 1. The van der Waals surface area contributed by atoms with Crippen molar-refractivity contribution in [1.82, 2.24) is 10.3 Å². The molecule has 0 saturated carbocycles. The van der Waals surface area contributed by atoms with Crippen LogP contribution in [0.4, 0.5) is 4.39 Å². The van der Waals surface area contributed by atoms with Gasteiger partial charge in [-0.25, -0.2) is 4.39 Å². The Bertz CT molecular complexity index is 923. The Morgan fingerprint density at radius 3 is 2.60 bits per heavy atom. The van der Waals surface area contributed by atoms with Gasteiger partial charge in [0, 0.05) is 23.5 Å². The predicted octanol–water partition coefficient (Wildman–Crippen LogP) is 3.81. The van der Waals surface area contributed by atoms with Crippen molar-refractivity contribution in [3.8, 4) is 11.1 Å². The van der Waals surface area contributed by atoms with Gasteiger partial charge in [-0.3, -0.25) is 9.78 Å². The van der Waals surface area contributed by atoms with E-state index in [-0.39, 0.29) is 11.9 Å². The minimum Gasteiger partial charge on any atom is -0.352 e. The molecule has 0 aliphatic rings. The average Bonchev–Trinajstić information content (AvgIpc) is 2.60. The van der Waals surface area contributed by atoms with E-state index in [1.165, 1.54) is 12.1 Å². The summed E-state index contributed by atoms with van der Waals surface area (Å²) in [5, 5.41) is 3.30. The van der Waals surface area contributed by atoms with Gasteiger partial charge >= 0.3 is 0 Å². The molecule has 5 heteroatoms. The summed E-state index contributed by atoms with van der Waals surface area (Å²) in [5.41, 5.74) is 9.20. The molecule has 0 fully saturated rings. The van der Waals surface area contributed by atoms with E-state index in [1.54, 1.807) is 6.07 Å². The molecule has 0 saturated heterocycles. The SMILES string of the molecule is CCNC(=O)c1c(-c2ccccc2)c([C@H](C)N)nc2ccc(F)cc12. The van der Waals surface area contributed by atoms with Crippen LogP contribution in [0.5, 0.6) is 0 Å². The van der Waals surface area contributed by atoms with Crippen LogP contribution in [-0.4, -0.2) is 17.4 Å². The Kier molecular flexibility index (Phi) is 4.76. The first-order valence-electron chi connectivity index (χ1n) is 8.25. The molecule has 1 atom stereocenters. The lowest BCUT2D eigenvalue weighted by molar-refractivity contribution is 0.0958. The molecular formula is C20H20FN3O. The van der Waals surface area contributed by atoms with Crippen LogP contribution in [0.25, 0.3) is 22.0 Å². The van der Waals surface area contributed by atoms with E-state index in [1.807, 2.05) is 44.2 Å². The van der Waals surface area contributed by atoms with Crippen molar-refractivity contribution < 1.29 is 9.18 Å². The van der Waals surface area contributed by atoms with Crippen LogP contribution < -0.4 is 11.1 Å². The lowest BCUT2D eigenvalue weighted by atomic mass is 9.92. The zero-order valence-electron chi connectivity index (χ0n) is 14.2. The largest absolute Gasteiger partial charge is 0.352 e. The van der Waals surface area contributed by atoms with E-state index >= 15 is 0 Å². The molecule has 1 aromatic heterocycles. The van der Waals surface area contributed by atoms with Crippen LogP contribution in [0, 0.1) is 5.82 Å². The number of amides is 1. The van der Waals surface area contributed by atoms with Crippen molar-refractivity contribution in [2.45, 2.75) is 19.9 Å². The Labute approximate surface area is 145 Å². The first-order chi connectivity index (χ1) is 12.0. The minimum absolute atomic E-state index is 0.263. The quantitative estimate of drug-likeness (QED) is 0.761. The molecule has 2 aromatic carbocycles. The number of carbonyl (C=O) groups excluding carboxylic acids is 1. The molecule has 3 rings (SSSR count). The van der Waals surface area contributed by atoms with Crippen LogP contribution in [-0.2, 0) is 0 Å². The molecule has 4 nitrogen and oxygen atoms in total. The molecule has 3 aromatic rings. The second-order valence-electron chi connectivity index (χ2n) is 5.92. The molecule has 0 spiro atoms. The maximum absolute atomic E-state index is 13.9. The molecule has 1 heterocycles. The number of hydrogen-bond donors (Lipinski definition) is 2. The maximum Gasteiger partial charge on any atom is 0.252 e. The first-order valence-corrected chi connectivity index (χ1v) is 8.25. The van der Waals surface area contributed by atoms with Gasteiger partial charge in [0.15, 0.2) is 0 Å². The van der Waals surface area contributed by atoms with Crippen molar-refractivity contribution in [3.05, 3.63) is 65.6 Å². The number of rotatable bonds is 4. The summed E-state index contributed by atoms with van der Waals surface area (Å²) in [6, 6.07) is 13.4. The number of pyridine rings is 1. The van der Waals surface area contributed by atoms with Gasteiger partial charge in [-0.1, -0.05) is 30.3 Å². The molecule has 1 amide bonds. The van der Waals surface area contributed by atoms with Crippen LogP contribution in [0.2, 0.25) is 0 Å². The Morgan fingerprint density at radius 1 is 1.24 bits per heavy atom. The van der Waals surface area contributed by atoms with E-state index < -0.39 is 5.82 Å². The smallest absolute Gasteiger partial charge is 0.252 e. The van der Waals surface area contributed by atoms with E-state index in [9.17, 15) is 9.18 Å². The van der Waals surface area contributed by atoms with E-state index in [0.717, 1.165) is 5.56 Å². The summed E-state index contributed by atoms with van der Waals surface area (Å²) in [7, 11) is 0. The number of hydrogen-bond acceptors (Lipinski definition) is 3. The summed E-state index contributed by atoms with van der Waals surface area (Å²) >= 11 is 0. The number of nitrogens with two attached hydrogens (primary N) is 1. The molecule has 0 radical (unpaired) electrons. The van der Waals surface area contributed by atoms with Gasteiger partial charge in [-0.15, -0.1) is 0 Å². The Hall–Kier alpha value is -2.79. The van der Waals surface area contributed by atoms with Gasteiger partial charge in [0.2, 0.25) is 0 Å². The monoisotopic (exact) mass is 337 g/mol. The number of carbonyl (C=O) groups is 1. The third-order valence-corrected chi connectivity index (χ3v) is 4.03. The molecule has 128 valence electrons. The van der Waals surface area contributed by atoms with Crippen molar-refractivity contribution in [3.63, 3.8) is 0 Å². The second-order valence-corrected chi connectivity index (χ2v) is 5.92. The number of benzene rings is 2. The summed E-state index contributed by atoms with van der Waals surface area (Å²) < 4.78 is 13.9. The standard InChI is InChI=1S/C20H20FN3O/c1-3-23-20(25)18-15-11-14(21)9-10-16(15)24-19(12(2)22)17(18)13-7-5-4-6-8-13/h4-12H,3,22H2,1-2H3,(H,23,25)/t12-/m0/s1. The molecule has 3 N–H and O–H groups in total. The highest BCUT2D eigenvalue weighted by Gasteiger charge is 2.23. The summed E-state index contributed by atoms with van der Waals surface area (Å²) in [5.74, 6) is -0.673. The number of aromatic nitrogens is 1. The maximum atomic E-state index is 13.9. The molecule has 0 aliphatic heterocycles. The summed E-state index contributed by atoms with van der Waals surface area (Å²) in [4.78, 5) is 17.5. The summed E-state index contributed by atoms with van der Waals surface area (Å²) in [6.45, 7) is 4.14. The van der Waals surface area contributed by atoms with Crippen molar-refractivity contribution >= 4 is 16.8 Å². The van der Waals surface area contributed by atoms with Gasteiger partial charge in [0.1, 0.15) is 5.82 Å². The van der Waals surface area contributed by atoms with Gasteiger partial charge in [0.25, 0.3) is 5.91 Å². The zero-order chi connectivity index (χ0) is 18.0. The fraction of sp³-hybridized carbons (Fsp3) is 0.200. The fourth-order valence-corrected chi connectivity index (χ4v) is 2.97. The van der Waals surface area contributed by atoms with Crippen LogP contribution >= 0.6 is 0 Å². The summed E-state index contributed by atoms with van der Waals surface area (Å²) in [6.07, 6.45) is 0. The normalized spacial score (nSPS) is 12.2. The van der Waals surface area contributed by atoms with Gasteiger partial charge in [0.05, 0.1) is 16.8 Å². The van der Waals surface area contributed by atoms with Crippen molar-refractivity contribution in [1.29, 1.82) is 0 Å². The minimum atomic E-state index is -0.410. The van der Waals surface area contributed by atoms with Crippen LogP contribution in [0.1, 0.15) is 35.9 Å². The van der Waals surface area contributed by atoms with E-state index in [4.69, 9.17) is 5.73 Å². The highest BCUT2D eigenvalue weighted by molar-refractivity contribution is 6.12. The predicted molar refractivity (Wildman–Crippen MR) is 97.7 cm³/mol. The molecular weight excluding hydrogens is 317 g/mol. The third-order valence-electron chi connectivity index (χ3n) is 4.03. The molecule has 0 unspecified atom stereocenters. The average molecular weight is 337 g/mol. The van der Waals surface area contributed by atoms with Crippen molar-refractivity contribution in [2.24, 2.45) is 5.73 Å². The highest BCUT2D eigenvalue weighted by atomic mass is 19.1. The van der Waals surface area contributed by atoms with Gasteiger partial charge in [-0.05, 0) is 37.6 Å². The highest BCUT2D eigenvalue weighted by Crippen LogP contribution is 2.34. The zero-order valence-corrected chi connectivity index (χ0v) is 14.2. The Balaban J connectivity index is 2.46. The van der Waals surface area contributed by atoms with E-state index in [0.29, 0.717) is 34.3 Å². The molecule has 25 heavy (non-hydrogen) atoms. The second kappa shape index (κ2) is 6.99. The Morgan fingerprint density at radius 2 is 1.96 bits per heavy atom. The number of nitrogens with one attached hydrogen (secondary N) is 1. The lowest BCUT2D eigenvalue weighted by Gasteiger charge is -2.19. The van der Waals surface area contributed by atoms with Crippen LogP contribution in [0.15, 0.2) is 48.5 Å². The first kappa shape index (κ1) is 17.0. The molecule has 0 aliphatic carbocycles. The van der Waals surface area contributed by atoms with E-state index in [2.05, 4.69) is 10.3 Å². The topological polar surface area (TPSA) is 68.0 Å². The lowest BCUT2D eigenvalue weighted by Crippen LogP contribution is -2.25. The van der Waals surface area contributed by atoms with Gasteiger partial charge < -0.3 is 11.1 Å².